The van der Waals surface area contributed by atoms with Crippen LogP contribution in [-0.2, 0) is 14.3 Å². The minimum absolute atomic E-state index is 0.0613. The normalized spacial score (nSPS) is 24.3. The van der Waals surface area contributed by atoms with Crippen molar-refractivity contribution >= 4 is 11.8 Å². The van der Waals surface area contributed by atoms with E-state index >= 15 is 0 Å². The molecule has 0 saturated carbocycles. The van der Waals surface area contributed by atoms with Gasteiger partial charge in [-0.3, -0.25) is 9.59 Å². The maximum atomic E-state index is 12.2. The summed E-state index contributed by atoms with van der Waals surface area (Å²) in [5.41, 5.74) is 12.2. The summed E-state index contributed by atoms with van der Waals surface area (Å²) in [5, 5.41) is 5.60. The summed E-state index contributed by atoms with van der Waals surface area (Å²) in [6.45, 7) is 6.34. The van der Waals surface area contributed by atoms with E-state index in [-0.39, 0.29) is 30.0 Å². The molecular weight excluding hydrogens is 296 g/mol. The van der Waals surface area contributed by atoms with Crippen molar-refractivity contribution < 1.29 is 14.3 Å². The number of nitrogens with one attached hydrogen (secondary N) is 2. The van der Waals surface area contributed by atoms with E-state index in [0.29, 0.717) is 25.1 Å². The van der Waals surface area contributed by atoms with E-state index in [2.05, 4.69) is 10.6 Å². The van der Waals surface area contributed by atoms with Gasteiger partial charge in [-0.1, -0.05) is 13.8 Å². The van der Waals surface area contributed by atoms with Crippen LogP contribution in [0.1, 0.15) is 40.0 Å². The Labute approximate surface area is 138 Å². The molecule has 7 nitrogen and oxygen atoms in total. The van der Waals surface area contributed by atoms with Gasteiger partial charge in [0.1, 0.15) is 0 Å². The van der Waals surface area contributed by atoms with Gasteiger partial charge in [-0.15, -0.1) is 0 Å². The van der Waals surface area contributed by atoms with Gasteiger partial charge in [0, 0.05) is 31.6 Å². The lowest BCUT2D eigenvalue weighted by Gasteiger charge is -2.36. The minimum Gasteiger partial charge on any atom is -0.369 e. The van der Waals surface area contributed by atoms with Crippen LogP contribution >= 0.6 is 0 Å². The van der Waals surface area contributed by atoms with Crippen molar-refractivity contribution in [3.8, 4) is 0 Å². The van der Waals surface area contributed by atoms with Crippen molar-refractivity contribution in [3.63, 3.8) is 0 Å². The van der Waals surface area contributed by atoms with E-state index in [4.69, 9.17) is 16.2 Å². The van der Waals surface area contributed by atoms with Crippen molar-refractivity contribution in [2.75, 3.05) is 13.1 Å². The van der Waals surface area contributed by atoms with Crippen LogP contribution in [0.5, 0.6) is 0 Å². The molecule has 2 amide bonds. The second kappa shape index (κ2) is 9.64. The molecule has 23 heavy (non-hydrogen) atoms. The Bertz CT molecular complexity index is 435. The Morgan fingerprint density at radius 2 is 2.04 bits per heavy atom. The molecule has 3 atom stereocenters. The molecule has 132 valence electrons. The van der Waals surface area contributed by atoms with Crippen LogP contribution in [-0.4, -0.2) is 49.2 Å². The van der Waals surface area contributed by atoms with E-state index < -0.39 is 6.10 Å². The van der Waals surface area contributed by atoms with Crippen LogP contribution in [0.4, 0.5) is 0 Å². The van der Waals surface area contributed by atoms with Crippen LogP contribution < -0.4 is 22.1 Å². The predicted molar refractivity (Wildman–Crippen MR) is 89.6 cm³/mol. The highest BCUT2D eigenvalue weighted by Crippen LogP contribution is 2.23. The molecule has 6 N–H and O–H groups in total. The number of hydrogen-bond donors (Lipinski definition) is 4. The summed E-state index contributed by atoms with van der Waals surface area (Å²) >= 11 is 0. The molecule has 0 aliphatic heterocycles. The highest BCUT2D eigenvalue weighted by molar-refractivity contribution is 5.93. The van der Waals surface area contributed by atoms with Gasteiger partial charge in [0.25, 0.3) is 0 Å². The second-order valence-corrected chi connectivity index (χ2v) is 5.87. The Morgan fingerprint density at radius 1 is 1.39 bits per heavy atom. The zero-order valence-corrected chi connectivity index (χ0v) is 14.3. The SMILES string of the molecule is CCC(CC)O[C@@H]1C=C(C(=O)NCCN)C[C@H](N)[C@H]1NC(C)=O. The van der Waals surface area contributed by atoms with E-state index in [9.17, 15) is 9.59 Å². The van der Waals surface area contributed by atoms with Crippen molar-refractivity contribution in [1.29, 1.82) is 0 Å². The summed E-state index contributed by atoms with van der Waals surface area (Å²) in [6, 6.07) is -0.707. The first kappa shape index (κ1) is 19.6. The highest BCUT2D eigenvalue weighted by atomic mass is 16.5. The zero-order valence-electron chi connectivity index (χ0n) is 14.3. The Hall–Kier alpha value is -1.44. The molecule has 1 aliphatic carbocycles. The monoisotopic (exact) mass is 326 g/mol. The maximum Gasteiger partial charge on any atom is 0.247 e. The molecule has 1 rings (SSSR count). The number of amides is 2. The molecule has 0 aromatic heterocycles. The average molecular weight is 326 g/mol. The van der Waals surface area contributed by atoms with Crippen LogP contribution in [0, 0.1) is 0 Å². The summed E-state index contributed by atoms with van der Waals surface area (Å²) in [6.07, 6.45) is 3.55. The second-order valence-electron chi connectivity index (χ2n) is 5.87. The summed E-state index contributed by atoms with van der Waals surface area (Å²) in [7, 11) is 0. The smallest absolute Gasteiger partial charge is 0.247 e. The fourth-order valence-electron chi connectivity index (χ4n) is 2.71. The van der Waals surface area contributed by atoms with Crippen molar-refractivity contribution in [3.05, 3.63) is 11.6 Å². The van der Waals surface area contributed by atoms with E-state index in [0.717, 1.165) is 12.8 Å². The molecule has 0 radical (unpaired) electrons. The van der Waals surface area contributed by atoms with Crippen LogP contribution in [0.25, 0.3) is 0 Å². The number of hydrogen-bond acceptors (Lipinski definition) is 5. The molecule has 0 aromatic rings. The van der Waals surface area contributed by atoms with E-state index in [1.165, 1.54) is 6.92 Å². The molecule has 0 spiro atoms. The average Bonchev–Trinajstić information content (AvgIpc) is 2.52. The third-order valence-corrected chi connectivity index (χ3v) is 3.99. The van der Waals surface area contributed by atoms with Gasteiger partial charge in [-0.25, -0.2) is 0 Å². The standard InChI is InChI=1S/C16H30N4O3/c1-4-12(5-2)23-14-9-11(16(22)19-7-6-17)8-13(18)15(14)20-10(3)21/h9,12-15H,4-8,17-18H2,1-3H3,(H,19,22)(H,20,21)/t13-,14+,15+/m0/s1. The number of rotatable bonds is 8. The number of carbonyl (C=O) groups is 2. The first-order valence-corrected chi connectivity index (χ1v) is 8.29. The molecule has 7 heteroatoms. The molecule has 0 bridgehead atoms. The quantitative estimate of drug-likeness (QED) is 0.492. The number of carbonyl (C=O) groups excluding carboxylic acids is 2. The highest BCUT2D eigenvalue weighted by Gasteiger charge is 2.35. The topological polar surface area (TPSA) is 119 Å². The largest absolute Gasteiger partial charge is 0.369 e. The Kier molecular flexibility index (Phi) is 8.22. The van der Waals surface area contributed by atoms with E-state index in [1.807, 2.05) is 13.8 Å². The number of ether oxygens (including phenoxy) is 1. The third-order valence-electron chi connectivity index (χ3n) is 3.99. The molecule has 0 unspecified atom stereocenters. The van der Waals surface area contributed by atoms with Gasteiger partial charge >= 0.3 is 0 Å². The fraction of sp³-hybridized carbons (Fsp3) is 0.750. The van der Waals surface area contributed by atoms with E-state index in [1.54, 1.807) is 6.08 Å². The van der Waals surface area contributed by atoms with Gasteiger partial charge in [-0.2, -0.15) is 0 Å². The predicted octanol–water partition coefficient (Wildman–Crippen LogP) is -0.203. The zero-order chi connectivity index (χ0) is 17.4. The lowest BCUT2D eigenvalue weighted by atomic mass is 9.87. The van der Waals surface area contributed by atoms with Crippen LogP contribution in [0.3, 0.4) is 0 Å². The summed E-state index contributed by atoms with van der Waals surface area (Å²) in [5.74, 6) is -0.335. The Balaban J connectivity index is 2.95. The molecule has 0 fully saturated rings. The molecule has 0 saturated heterocycles. The van der Waals surface area contributed by atoms with Crippen LogP contribution in [0.15, 0.2) is 11.6 Å². The van der Waals surface area contributed by atoms with Gasteiger partial charge in [0.15, 0.2) is 0 Å². The van der Waals surface area contributed by atoms with Crippen molar-refractivity contribution in [2.45, 2.75) is 64.3 Å². The fourth-order valence-corrected chi connectivity index (χ4v) is 2.71. The first-order chi connectivity index (χ1) is 10.9. The first-order valence-electron chi connectivity index (χ1n) is 8.29. The maximum absolute atomic E-state index is 12.2. The lowest BCUT2D eigenvalue weighted by molar-refractivity contribution is -0.121. The van der Waals surface area contributed by atoms with Crippen molar-refractivity contribution in [1.82, 2.24) is 10.6 Å². The van der Waals surface area contributed by atoms with Gasteiger partial charge in [-0.05, 0) is 25.3 Å². The molecule has 0 aromatic carbocycles. The molecular formula is C16H30N4O3. The lowest BCUT2D eigenvalue weighted by Crippen LogP contribution is -2.57. The van der Waals surface area contributed by atoms with Gasteiger partial charge in [0.05, 0.1) is 18.2 Å². The Morgan fingerprint density at radius 3 is 2.57 bits per heavy atom. The number of nitrogens with two attached hydrogens (primary N) is 2. The van der Waals surface area contributed by atoms with Crippen molar-refractivity contribution in [2.24, 2.45) is 11.5 Å². The molecule has 0 heterocycles. The van der Waals surface area contributed by atoms with Gasteiger partial charge in [0.2, 0.25) is 11.8 Å². The minimum atomic E-state index is -0.411. The molecule has 1 aliphatic rings. The summed E-state index contributed by atoms with van der Waals surface area (Å²) in [4.78, 5) is 23.6. The third kappa shape index (κ3) is 5.93. The van der Waals surface area contributed by atoms with Gasteiger partial charge < -0.3 is 26.8 Å². The van der Waals surface area contributed by atoms with Crippen LogP contribution in [0.2, 0.25) is 0 Å². The summed E-state index contributed by atoms with van der Waals surface area (Å²) < 4.78 is 6.08.